The molecular weight excluding hydrogens is 195 g/mol. The zero-order chi connectivity index (χ0) is 9.45. The average Bonchev–Trinajstić information content (AvgIpc) is 1.94. The molecule has 0 saturated heterocycles. The molecule has 0 aromatic heterocycles. The maximum absolute atomic E-state index is 8.61. The van der Waals surface area contributed by atoms with E-state index in [0.717, 1.165) is 23.8 Å². The lowest BCUT2D eigenvalue weighted by molar-refractivity contribution is 0.363. The van der Waals surface area contributed by atoms with Gasteiger partial charge in [0.2, 0.25) is 10.9 Å². The van der Waals surface area contributed by atoms with E-state index in [4.69, 9.17) is 14.7 Å². The maximum Gasteiger partial charge on any atom is 0.515 e. The zero-order valence-electron chi connectivity index (χ0n) is 7.44. The lowest BCUT2D eigenvalue weighted by Gasteiger charge is -1.92. The molecule has 0 aliphatic heterocycles. The first-order valence-corrected chi connectivity index (χ1v) is 7.52. The molecule has 0 amide bonds. The number of hydrogen-bond acceptors (Lipinski definition) is 0. The standard InChI is InChI=1S/C7H18O3PS/c1-2-3-4-5-6-7-12-11(8,9)10/h8-10H,2-7H2,1H3/q+1. The Bertz CT molecular complexity index is 146. The summed E-state index contributed by atoms with van der Waals surface area (Å²) in [6.45, 7) is -1.40. The molecule has 0 aliphatic rings. The molecular formula is C7H18O3PS+. The number of rotatable bonds is 6. The van der Waals surface area contributed by atoms with Crippen molar-refractivity contribution in [3.05, 3.63) is 0 Å². The summed E-state index contributed by atoms with van der Waals surface area (Å²) in [6.07, 6.45) is 5.71. The molecule has 0 saturated carbocycles. The molecule has 0 fully saturated rings. The van der Waals surface area contributed by atoms with Crippen molar-refractivity contribution in [2.45, 2.75) is 39.0 Å². The van der Waals surface area contributed by atoms with Crippen molar-refractivity contribution in [1.29, 1.82) is 0 Å². The van der Waals surface area contributed by atoms with Crippen LogP contribution in [0.5, 0.6) is 0 Å². The smallest absolute Gasteiger partial charge is 0.290 e. The Labute approximate surface area is 77.7 Å². The SMILES string of the molecule is CCCCCCC[S+]=P(O)(O)O. The second kappa shape index (κ2) is 6.98. The topological polar surface area (TPSA) is 60.7 Å². The van der Waals surface area contributed by atoms with Crippen LogP contribution in [-0.2, 0) is 10.9 Å². The highest BCUT2D eigenvalue weighted by Crippen LogP contribution is 2.31. The van der Waals surface area contributed by atoms with Crippen molar-refractivity contribution in [2.24, 2.45) is 0 Å². The molecule has 0 aliphatic carbocycles. The van der Waals surface area contributed by atoms with Crippen LogP contribution in [0.15, 0.2) is 0 Å². The molecule has 0 atom stereocenters. The van der Waals surface area contributed by atoms with E-state index >= 15 is 0 Å². The quantitative estimate of drug-likeness (QED) is 0.357. The predicted molar refractivity (Wildman–Crippen MR) is 54.6 cm³/mol. The fourth-order valence-electron chi connectivity index (χ4n) is 0.893. The molecule has 3 N–H and O–H groups in total. The van der Waals surface area contributed by atoms with Gasteiger partial charge in [-0.2, -0.15) is 0 Å². The first-order valence-electron chi connectivity index (χ1n) is 4.28. The summed E-state index contributed by atoms with van der Waals surface area (Å²) in [7, 11) is 0.869. The molecule has 0 bridgehead atoms. The number of hydrogen-bond donors (Lipinski definition) is 3. The van der Waals surface area contributed by atoms with Gasteiger partial charge in [-0.3, -0.25) is 14.7 Å². The van der Waals surface area contributed by atoms with Gasteiger partial charge >= 0.3 is 6.72 Å². The van der Waals surface area contributed by atoms with Crippen LogP contribution in [0, 0.1) is 0 Å². The lowest BCUT2D eigenvalue weighted by atomic mass is 10.2. The first kappa shape index (κ1) is 12.5. The van der Waals surface area contributed by atoms with Gasteiger partial charge in [0.15, 0.2) is 5.75 Å². The zero-order valence-corrected chi connectivity index (χ0v) is 9.15. The molecule has 0 radical (unpaired) electrons. The van der Waals surface area contributed by atoms with E-state index in [1.807, 2.05) is 0 Å². The summed E-state index contributed by atoms with van der Waals surface area (Å²) >= 11 is 0. The molecule has 0 unspecified atom stereocenters. The van der Waals surface area contributed by atoms with Crippen molar-refractivity contribution < 1.29 is 14.7 Å². The van der Waals surface area contributed by atoms with Crippen LogP contribution >= 0.6 is 6.72 Å². The van der Waals surface area contributed by atoms with E-state index in [0.29, 0.717) is 5.75 Å². The van der Waals surface area contributed by atoms with E-state index in [2.05, 4.69) is 6.92 Å². The van der Waals surface area contributed by atoms with E-state index in [-0.39, 0.29) is 0 Å². The highest BCUT2D eigenvalue weighted by Gasteiger charge is 2.17. The third-order valence-electron chi connectivity index (χ3n) is 1.51. The fraction of sp³-hybridized carbons (Fsp3) is 1.00. The summed E-state index contributed by atoms with van der Waals surface area (Å²) < 4.78 is 0. The molecule has 0 aromatic carbocycles. The average molecular weight is 213 g/mol. The Morgan fingerprint density at radius 2 is 1.58 bits per heavy atom. The summed E-state index contributed by atoms with van der Waals surface area (Å²) in [5, 5.41) is 0. The highest BCUT2D eigenvalue weighted by atomic mass is 32.5. The van der Waals surface area contributed by atoms with Crippen molar-refractivity contribution in [3.8, 4) is 0 Å². The Kier molecular flexibility index (Phi) is 7.29. The molecule has 5 heteroatoms. The van der Waals surface area contributed by atoms with Gasteiger partial charge in [0.25, 0.3) is 0 Å². The first-order chi connectivity index (χ1) is 5.56. The van der Waals surface area contributed by atoms with Gasteiger partial charge in [-0.05, 0) is 6.42 Å². The Balaban J connectivity index is 3.22. The lowest BCUT2D eigenvalue weighted by Crippen LogP contribution is -1.86. The van der Waals surface area contributed by atoms with Crippen molar-refractivity contribution >= 4 is 17.7 Å². The summed E-state index contributed by atoms with van der Waals surface area (Å²) in [5.41, 5.74) is 0. The highest BCUT2D eigenvalue weighted by molar-refractivity contribution is 8.16. The third kappa shape index (κ3) is 10.5. The van der Waals surface area contributed by atoms with Gasteiger partial charge in [-0.15, -0.1) is 0 Å². The minimum Gasteiger partial charge on any atom is -0.290 e. The van der Waals surface area contributed by atoms with Gasteiger partial charge in [0.05, 0.1) is 0 Å². The van der Waals surface area contributed by atoms with E-state index in [9.17, 15) is 0 Å². The second-order valence-corrected chi connectivity index (χ2v) is 6.70. The van der Waals surface area contributed by atoms with Gasteiger partial charge in [0.1, 0.15) is 0 Å². The van der Waals surface area contributed by atoms with Crippen LogP contribution in [-0.4, -0.2) is 20.4 Å². The molecule has 74 valence electrons. The van der Waals surface area contributed by atoms with Crippen molar-refractivity contribution in [2.75, 3.05) is 5.75 Å². The van der Waals surface area contributed by atoms with Gasteiger partial charge in [0, 0.05) is 6.42 Å². The third-order valence-corrected chi connectivity index (χ3v) is 3.92. The van der Waals surface area contributed by atoms with Crippen LogP contribution in [0.3, 0.4) is 0 Å². The van der Waals surface area contributed by atoms with Crippen LogP contribution < -0.4 is 0 Å². The molecule has 0 spiro atoms. The number of unbranched alkanes of at least 4 members (excludes halogenated alkanes) is 4. The minimum absolute atomic E-state index is 0.640. The fourth-order valence-corrected chi connectivity index (χ4v) is 2.59. The predicted octanol–water partition coefficient (Wildman–Crippen LogP) is 1.69. The summed E-state index contributed by atoms with van der Waals surface area (Å²) in [5.74, 6) is 0.640. The van der Waals surface area contributed by atoms with Crippen molar-refractivity contribution in [3.63, 3.8) is 0 Å². The molecule has 0 heterocycles. The van der Waals surface area contributed by atoms with Crippen LogP contribution in [0.1, 0.15) is 39.0 Å². The van der Waals surface area contributed by atoms with Crippen LogP contribution in [0.2, 0.25) is 0 Å². The maximum atomic E-state index is 8.61. The van der Waals surface area contributed by atoms with Gasteiger partial charge in [-0.25, -0.2) is 0 Å². The van der Waals surface area contributed by atoms with E-state index < -0.39 is 6.72 Å². The van der Waals surface area contributed by atoms with Crippen LogP contribution in [0.25, 0.3) is 0 Å². The Morgan fingerprint density at radius 1 is 1.00 bits per heavy atom. The molecule has 12 heavy (non-hydrogen) atoms. The largest absolute Gasteiger partial charge is 0.515 e. The van der Waals surface area contributed by atoms with E-state index in [1.165, 1.54) is 19.3 Å². The van der Waals surface area contributed by atoms with E-state index in [1.54, 1.807) is 0 Å². The Morgan fingerprint density at radius 3 is 2.08 bits per heavy atom. The Hall–Kier alpha value is 0.530. The monoisotopic (exact) mass is 213 g/mol. The summed E-state index contributed by atoms with van der Waals surface area (Å²) in [6, 6.07) is 0. The van der Waals surface area contributed by atoms with Crippen molar-refractivity contribution in [1.82, 2.24) is 0 Å². The molecule has 3 nitrogen and oxygen atoms in total. The van der Waals surface area contributed by atoms with Gasteiger partial charge < -0.3 is 0 Å². The van der Waals surface area contributed by atoms with Gasteiger partial charge in [-0.1, -0.05) is 26.2 Å². The minimum atomic E-state index is -3.55. The normalized spacial score (nSPS) is 11.7. The molecule has 0 rings (SSSR count). The second-order valence-electron chi connectivity index (χ2n) is 2.76. The van der Waals surface area contributed by atoms with Crippen LogP contribution in [0.4, 0.5) is 0 Å². The molecule has 0 aromatic rings. The summed E-state index contributed by atoms with van der Waals surface area (Å²) in [4.78, 5) is 25.8.